The second-order valence-corrected chi connectivity index (χ2v) is 4.17. The summed E-state index contributed by atoms with van der Waals surface area (Å²) in [5.41, 5.74) is 1.22. The third-order valence-electron chi connectivity index (χ3n) is 2.80. The number of hydrogen-bond donors (Lipinski definition) is 2. The molecule has 0 saturated carbocycles. The second-order valence-electron chi connectivity index (χ2n) is 4.17. The summed E-state index contributed by atoms with van der Waals surface area (Å²) in [5.74, 6) is -1.10. The maximum atomic E-state index is 11.2. The summed E-state index contributed by atoms with van der Waals surface area (Å²) >= 11 is 0. The molecule has 0 atom stereocenters. The zero-order chi connectivity index (χ0) is 13.1. The number of fused-ring (bicyclic) bond motifs is 1. The Labute approximate surface area is 104 Å². The molecule has 0 bridgehead atoms. The van der Waals surface area contributed by atoms with E-state index in [9.17, 15) is 4.79 Å². The van der Waals surface area contributed by atoms with E-state index in [0.29, 0.717) is 24.2 Å². The first kappa shape index (κ1) is 12.6. The van der Waals surface area contributed by atoms with Gasteiger partial charge < -0.3 is 14.6 Å². The average molecular weight is 249 g/mol. The van der Waals surface area contributed by atoms with Crippen molar-refractivity contribution in [3.05, 3.63) is 35.6 Å². The van der Waals surface area contributed by atoms with E-state index in [1.807, 2.05) is 24.1 Å². The van der Waals surface area contributed by atoms with Crippen LogP contribution in [0.2, 0.25) is 0 Å². The van der Waals surface area contributed by atoms with Crippen molar-refractivity contribution < 1.29 is 19.4 Å². The van der Waals surface area contributed by atoms with Gasteiger partial charge in [-0.15, -0.1) is 0 Å². The lowest BCUT2D eigenvalue weighted by Gasteiger charge is -2.14. The van der Waals surface area contributed by atoms with Gasteiger partial charge in [0.15, 0.2) is 0 Å². The van der Waals surface area contributed by atoms with Gasteiger partial charge in [0, 0.05) is 24.0 Å². The van der Waals surface area contributed by atoms with Gasteiger partial charge in [0.05, 0.1) is 6.61 Å². The number of aliphatic hydroxyl groups excluding tert-OH is 1. The molecule has 1 heterocycles. The van der Waals surface area contributed by atoms with E-state index in [1.54, 1.807) is 12.1 Å². The number of rotatable bonds is 5. The van der Waals surface area contributed by atoms with Crippen LogP contribution in [0.1, 0.15) is 16.1 Å². The molecular weight excluding hydrogens is 234 g/mol. The van der Waals surface area contributed by atoms with Gasteiger partial charge in [-0.1, -0.05) is 18.2 Å². The molecule has 5 nitrogen and oxygen atoms in total. The molecule has 96 valence electrons. The van der Waals surface area contributed by atoms with Crippen LogP contribution in [0.25, 0.3) is 11.0 Å². The number of likely N-dealkylation sites (N-methyl/N-ethyl adjacent to an activating group) is 1. The summed E-state index contributed by atoms with van der Waals surface area (Å²) in [6.45, 7) is 0.951. The monoisotopic (exact) mass is 249 g/mol. The molecule has 0 aliphatic heterocycles. The smallest absolute Gasteiger partial charge is 0.372 e. The number of carbonyl (C=O) groups is 1. The maximum absolute atomic E-state index is 11.2. The van der Waals surface area contributed by atoms with Crippen molar-refractivity contribution in [3.63, 3.8) is 0 Å². The fourth-order valence-corrected chi connectivity index (χ4v) is 1.95. The number of hydrogen-bond acceptors (Lipinski definition) is 4. The zero-order valence-electron chi connectivity index (χ0n) is 10.1. The second kappa shape index (κ2) is 5.20. The van der Waals surface area contributed by atoms with Crippen molar-refractivity contribution in [1.82, 2.24) is 4.90 Å². The number of nitrogens with zero attached hydrogens (tertiary/aromatic N) is 1. The Bertz CT molecular complexity index is 561. The minimum Gasteiger partial charge on any atom is -0.475 e. The molecule has 2 N–H and O–H groups in total. The summed E-state index contributed by atoms with van der Waals surface area (Å²) in [4.78, 5) is 13.0. The largest absolute Gasteiger partial charge is 0.475 e. The molecule has 2 aromatic rings. The van der Waals surface area contributed by atoms with Gasteiger partial charge in [-0.3, -0.25) is 4.90 Å². The van der Waals surface area contributed by atoms with Gasteiger partial charge in [-0.2, -0.15) is 0 Å². The SMILES string of the molecule is CN(CCO)Cc1c(C(=O)O)oc2ccccc12. The number of furan rings is 1. The molecule has 0 saturated heterocycles. The molecule has 0 spiro atoms. The van der Waals surface area contributed by atoms with Crippen LogP contribution in [0.5, 0.6) is 0 Å². The van der Waals surface area contributed by atoms with Crippen molar-refractivity contribution in [3.8, 4) is 0 Å². The summed E-state index contributed by atoms with van der Waals surface area (Å²) in [6, 6.07) is 7.24. The van der Waals surface area contributed by atoms with E-state index < -0.39 is 5.97 Å². The Morgan fingerprint density at radius 1 is 1.39 bits per heavy atom. The minimum atomic E-state index is -1.07. The lowest BCUT2D eigenvalue weighted by atomic mass is 10.1. The number of para-hydroxylation sites is 1. The fourth-order valence-electron chi connectivity index (χ4n) is 1.95. The van der Waals surface area contributed by atoms with Crippen molar-refractivity contribution >= 4 is 16.9 Å². The first-order chi connectivity index (χ1) is 8.63. The topological polar surface area (TPSA) is 73.9 Å². The predicted octanol–water partition coefficient (Wildman–Crippen LogP) is 1.56. The highest BCUT2D eigenvalue weighted by Gasteiger charge is 2.20. The van der Waals surface area contributed by atoms with Crippen LogP contribution in [0, 0.1) is 0 Å². The molecule has 0 unspecified atom stereocenters. The predicted molar refractivity (Wildman–Crippen MR) is 66.6 cm³/mol. The maximum Gasteiger partial charge on any atom is 0.372 e. The summed E-state index contributed by atoms with van der Waals surface area (Å²) < 4.78 is 5.35. The molecule has 5 heteroatoms. The third kappa shape index (κ3) is 2.37. The molecule has 0 aliphatic carbocycles. The first-order valence-corrected chi connectivity index (χ1v) is 5.66. The van der Waals surface area contributed by atoms with Gasteiger partial charge in [-0.25, -0.2) is 4.79 Å². The quantitative estimate of drug-likeness (QED) is 0.841. The Morgan fingerprint density at radius 2 is 2.11 bits per heavy atom. The van der Waals surface area contributed by atoms with Crippen molar-refractivity contribution in [2.75, 3.05) is 20.2 Å². The Balaban J connectivity index is 2.45. The standard InChI is InChI=1S/C13H15NO4/c1-14(6-7-15)8-10-9-4-2-3-5-11(9)18-12(10)13(16)17/h2-5,15H,6-8H2,1H3,(H,16,17). The molecule has 2 rings (SSSR count). The fraction of sp³-hybridized carbons (Fsp3) is 0.308. The highest BCUT2D eigenvalue weighted by atomic mass is 16.4. The van der Waals surface area contributed by atoms with Crippen LogP contribution in [-0.2, 0) is 6.54 Å². The molecule has 18 heavy (non-hydrogen) atoms. The number of benzene rings is 1. The Morgan fingerprint density at radius 3 is 2.78 bits per heavy atom. The molecular formula is C13H15NO4. The summed E-state index contributed by atoms with van der Waals surface area (Å²) in [5, 5.41) is 18.8. The van der Waals surface area contributed by atoms with Crippen molar-refractivity contribution in [2.45, 2.75) is 6.54 Å². The van der Waals surface area contributed by atoms with Gasteiger partial charge >= 0.3 is 5.97 Å². The average Bonchev–Trinajstić information content (AvgIpc) is 2.69. The summed E-state index contributed by atoms with van der Waals surface area (Å²) in [7, 11) is 1.82. The molecule has 0 fully saturated rings. The van der Waals surface area contributed by atoms with E-state index >= 15 is 0 Å². The van der Waals surface area contributed by atoms with E-state index in [-0.39, 0.29) is 12.4 Å². The van der Waals surface area contributed by atoms with Crippen molar-refractivity contribution in [2.24, 2.45) is 0 Å². The van der Waals surface area contributed by atoms with Crippen molar-refractivity contribution in [1.29, 1.82) is 0 Å². The summed E-state index contributed by atoms with van der Waals surface area (Å²) in [6.07, 6.45) is 0. The van der Waals surface area contributed by atoms with Gasteiger partial charge in [0.2, 0.25) is 5.76 Å². The highest BCUT2D eigenvalue weighted by Crippen LogP contribution is 2.26. The minimum absolute atomic E-state index is 0.0269. The molecule has 1 aromatic heterocycles. The number of aliphatic hydroxyl groups is 1. The Kier molecular flexibility index (Phi) is 3.64. The molecule has 0 radical (unpaired) electrons. The van der Waals surface area contributed by atoms with E-state index in [0.717, 1.165) is 5.39 Å². The lowest BCUT2D eigenvalue weighted by Crippen LogP contribution is -2.22. The number of carboxylic acid groups (broad SMARTS) is 1. The van der Waals surface area contributed by atoms with Gasteiger partial charge in [0.25, 0.3) is 0 Å². The van der Waals surface area contributed by atoms with Crippen LogP contribution in [-0.4, -0.2) is 41.3 Å². The van der Waals surface area contributed by atoms with Crippen LogP contribution < -0.4 is 0 Å². The highest BCUT2D eigenvalue weighted by molar-refractivity contribution is 5.95. The van der Waals surface area contributed by atoms with Crippen LogP contribution >= 0.6 is 0 Å². The third-order valence-corrected chi connectivity index (χ3v) is 2.80. The van der Waals surface area contributed by atoms with Gasteiger partial charge in [-0.05, 0) is 13.1 Å². The van der Waals surface area contributed by atoms with E-state index in [2.05, 4.69) is 0 Å². The first-order valence-electron chi connectivity index (χ1n) is 5.66. The molecule has 0 aliphatic rings. The number of carboxylic acids is 1. The van der Waals surface area contributed by atoms with Gasteiger partial charge in [0.1, 0.15) is 5.58 Å². The lowest BCUT2D eigenvalue weighted by molar-refractivity contribution is 0.0662. The van der Waals surface area contributed by atoms with E-state index in [1.165, 1.54) is 0 Å². The molecule has 1 aromatic carbocycles. The van der Waals surface area contributed by atoms with Crippen LogP contribution in [0.3, 0.4) is 0 Å². The normalized spacial score (nSPS) is 11.3. The van der Waals surface area contributed by atoms with E-state index in [4.69, 9.17) is 14.6 Å². The Hall–Kier alpha value is -1.85. The zero-order valence-corrected chi connectivity index (χ0v) is 10.1. The van der Waals surface area contributed by atoms with Crippen LogP contribution in [0.15, 0.2) is 28.7 Å². The number of aromatic carboxylic acids is 1. The van der Waals surface area contributed by atoms with Crippen LogP contribution in [0.4, 0.5) is 0 Å². The molecule has 0 amide bonds.